The molecule has 0 aromatic rings. The Morgan fingerprint density at radius 1 is 1.43 bits per heavy atom. The van der Waals surface area contributed by atoms with E-state index >= 15 is 0 Å². The molecule has 1 N–H and O–H groups in total. The number of amides is 2. The van der Waals surface area contributed by atoms with Gasteiger partial charge in [-0.25, -0.2) is 4.79 Å². The monoisotopic (exact) mass is 198 g/mol. The maximum absolute atomic E-state index is 11.5. The highest BCUT2D eigenvalue weighted by atomic mass is 16.2. The average Bonchev–Trinajstić information content (AvgIpc) is 2.18. The lowest BCUT2D eigenvalue weighted by Crippen LogP contribution is -2.44. The summed E-state index contributed by atoms with van der Waals surface area (Å²) in [6, 6.07) is 0.106. The van der Waals surface area contributed by atoms with Gasteiger partial charge in [-0.05, 0) is 31.6 Å². The molecule has 3 heteroatoms. The van der Waals surface area contributed by atoms with Gasteiger partial charge in [0.25, 0.3) is 0 Å². The molecule has 0 unspecified atom stereocenters. The molecule has 1 aliphatic heterocycles. The van der Waals surface area contributed by atoms with E-state index < -0.39 is 0 Å². The Hall–Kier alpha value is -0.730. The molecule has 0 radical (unpaired) electrons. The van der Waals surface area contributed by atoms with Crippen molar-refractivity contribution < 1.29 is 4.79 Å². The third-order valence-electron chi connectivity index (χ3n) is 3.10. The van der Waals surface area contributed by atoms with Gasteiger partial charge in [0.2, 0.25) is 0 Å². The lowest BCUT2D eigenvalue weighted by atomic mass is 9.87. The minimum atomic E-state index is 0.106. The highest BCUT2D eigenvalue weighted by Crippen LogP contribution is 2.24. The summed E-state index contributed by atoms with van der Waals surface area (Å²) >= 11 is 0. The molecule has 0 atom stereocenters. The van der Waals surface area contributed by atoms with Gasteiger partial charge in [0.1, 0.15) is 0 Å². The van der Waals surface area contributed by atoms with Gasteiger partial charge < -0.3 is 10.2 Å². The average molecular weight is 198 g/mol. The van der Waals surface area contributed by atoms with E-state index in [4.69, 9.17) is 0 Å². The summed E-state index contributed by atoms with van der Waals surface area (Å²) < 4.78 is 0. The number of carbonyl (C=O) groups excluding carboxylic acids is 1. The molecule has 82 valence electrons. The van der Waals surface area contributed by atoms with Crippen LogP contribution in [0.3, 0.4) is 0 Å². The van der Waals surface area contributed by atoms with E-state index in [2.05, 4.69) is 19.2 Å². The summed E-state index contributed by atoms with van der Waals surface area (Å²) in [5, 5.41) is 2.85. The fraction of sp³-hybridized carbons (Fsp3) is 0.909. The number of likely N-dealkylation sites (tertiary alicyclic amines) is 1. The van der Waals surface area contributed by atoms with E-state index in [0.29, 0.717) is 0 Å². The molecule has 2 amide bonds. The Morgan fingerprint density at radius 2 is 2.00 bits per heavy atom. The van der Waals surface area contributed by atoms with Crippen LogP contribution in [0.15, 0.2) is 0 Å². The van der Waals surface area contributed by atoms with Crippen LogP contribution in [-0.4, -0.2) is 30.6 Å². The number of carbonyl (C=O) groups is 1. The highest BCUT2D eigenvalue weighted by Gasteiger charge is 2.23. The number of piperidine rings is 1. The predicted molar refractivity (Wildman–Crippen MR) is 58.2 cm³/mol. The Balaban J connectivity index is 2.31. The number of urea groups is 1. The van der Waals surface area contributed by atoms with Crippen LogP contribution >= 0.6 is 0 Å². The zero-order chi connectivity index (χ0) is 10.6. The minimum Gasteiger partial charge on any atom is -0.338 e. The predicted octanol–water partition coefficient (Wildman–Crippen LogP) is 2.08. The summed E-state index contributed by atoms with van der Waals surface area (Å²) in [7, 11) is 0. The van der Waals surface area contributed by atoms with Crippen LogP contribution in [0.25, 0.3) is 0 Å². The third-order valence-corrected chi connectivity index (χ3v) is 3.10. The molecule has 1 heterocycles. The number of hydrogen-bond donors (Lipinski definition) is 1. The van der Waals surface area contributed by atoms with Gasteiger partial charge in [-0.3, -0.25) is 0 Å². The van der Waals surface area contributed by atoms with Crippen LogP contribution < -0.4 is 5.32 Å². The van der Waals surface area contributed by atoms with Crippen LogP contribution in [0.1, 0.15) is 33.6 Å². The van der Waals surface area contributed by atoms with Crippen molar-refractivity contribution in [1.82, 2.24) is 10.2 Å². The van der Waals surface area contributed by atoms with Crippen molar-refractivity contribution in [1.29, 1.82) is 0 Å². The van der Waals surface area contributed by atoms with Gasteiger partial charge in [-0.15, -0.1) is 0 Å². The molecule has 1 aliphatic rings. The maximum atomic E-state index is 11.5. The van der Waals surface area contributed by atoms with E-state index in [9.17, 15) is 4.79 Å². The summed E-state index contributed by atoms with van der Waals surface area (Å²) in [5.74, 6) is 1.56. The molecule has 0 saturated carbocycles. The van der Waals surface area contributed by atoms with E-state index in [1.165, 1.54) is 0 Å². The Morgan fingerprint density at radius 3 is 2.43 bits per heavy atom. The minimum absolute atomic E-state index is 0.106. The van der Waals surface area contributed by atoms with Gasteiger partial charge in [0.15, 0.2) is 0 Å². The second kappa shape index (κ2) is 5.23. The van der Waals surface area contributed by atoms with Crippen LogP contribution in [0.4, 0.5) is 4.79 Å². The van der Waals surface area contributed by atoms with Crippen molar-refractivity contribution in [2.45, 2.75) is 33.6 Å². The molecule has 1 rings (SSSR count). The molecular formula is C11H22N2O. The highest BCUT2D eigenvalue weighted by molar-refractivity contribution is 5.74. The molecule has 3 nitrogen and oxygen atoms in total. The van der Waals surface area contributed by atoms with Crippen LogP contribution in [-0.2, 0) is 0 Å². The number of nitrogens with one attached hydrogen (secondary N) is 1. The largest absolute Gasteiger partial charge is 0.338 e. The zero-order valence-electron chi connectivity index (χ0n) is 9.55. The smallest absolute Gasteiger partial charge is 0.317 e. The molecular weight excluding hydrogens is 176 g/mol. The Bertz CT molecular complexity index is 184. The Kier molecular flexibility index (Phi) is 4.23. The van der Waals surface area contributed by atoms with Gasteiger partial charge in [-0.2, -0.15) is 0 Å². The van der Waals surface area contributed by atoms with E-state index in [1.807, 2.05) is 11.8 Å². The molecule has 1 saturated heterocycles. The molecule has 0 aromatic carbocycles. The summed E-state index contributed by atoms with van der Waals surface area (Å²) in [6.45, 7) is 9.07. The van der Waals surface area contributed by atoms with E-state index in [0.717, 1.165) is 44.3 Å². The molecule has 14 heavy (non-hydrogen) atoms. The maximum Gasteiger partial charge on any atom is 0.317 e. The molecule has 0 bridgehead atoms. The van der Waals surface area contributed by atoms with Gasteiger partial charge in [-0.1, -0.05) is 13.8 Å². The van der Waals surface area contributed by atoms with Crippen LogP contribution in [0, 0.1) is 11.8 Å². The van der Waals surface area contributed by atoms with Crippen molar-refractivity contribution in [3.05, 3.63) is 0 Å². The van der Waals surface area contributed by atoms with Crippen LogP contribution in [0.2, 0.25) is 0 Å². The SMILES string of the molecule is CCNC(=O)N1CCC(C(C)C)CC1. The van der Waals surface area contributed by atoms with Gasteiger partial charge in [0, 0.05) is 19.6 Å². The number of rotatable bonds is 2. The number of nitrogens with zero attached hydrogens (tertiary/aromatic N) is 1. The quantitative estimate of drug-likeness (QED) is 0.724. The normalized spacial score (nSPS) is 18.7. The van der Waals surface area contributed by atoms with Crippen molar-refractivity contribution >= 4 is 6.03 Å². The van der Waals surface area contributed by atoms with Crippen molar-refractivity contribution in [2.24, 2.45) is 11.8 Å². The van der Waals surface area contributed by atoms with Gasteiger partial charge in [0.05, 0.1) is 0 Å². The fourth-order valence-corrected chi connectivity index (χ4v) is 2.03. The summed E-state index contributed by atoms with van der Waals surface area (Å²) in [4.78, 5) is 13.4. The van der Waals surface area contributed by atoms with Crippen LogP contribution in [0.5, 0.6) is 0 Å². The second-order valence-electron chi connectivity index (χ2n) is 4.40. The molecule has 0 aliphatic carbocycles. The van der Waals surface area contributed by atoms with E-state index in [1.54, 1.807) is 0 Å². The fourth-order valence-electron chi connectivity index (χ4n) is 2.03. The van der Waals surface area contributed by atoms with Crippen molar-refractivity contribution in [2.75, 3.05) is 19.6 Å². The lowest BCUT2D eigenvalue weighted by molar-refractivity contribution is 0.157. The summed E-state index contributed by atoms with van der Waals surface area (Å²) in [6.07, 6.45) is 2.32. The van der Waals surface area contributed by atoms with Crippen molar-refractivity contribution in [3.8, 4) is 0 Å². The summed E-state index contributed by atoms with van der Waals surface area (Å²) in [5.41, 5.74) is 0. The first kappa shape index (κ1) is 11.3. The molecule has 1 fully saturated rings. The lowest BCUT2D eigenvalue weighted by Gasteiger charge is -2.33. The first-order valence-corrected chi connectivity index (χ1v) is 5.68. The first-order valence-electron chi connectivity index (χ1n) is 5.68. The van der Waals surface area contributed by atoms with E-state index in [-0.39, 0.29) is 6.03 Å². The topological polar surface area (TPSA) is 32.3 Å². The van der Waals surface area contributed by atoms with Crippen molar-refractivity contribution in [3.63, 3.8) is 0 Å². The Labute approximate surface area is 86.9 Å². The third kappa shape index (κ3) is 2.89. The van der Waals surface area contributed by atoms with Gasteiger partial charge >= 0.3 is 6.03 Å². The molecule has 0 spiro atoms. The number of hydrogen-bond acceptors (Lipinski definition) is 1. The molecule has 0 aromatic heterocycles. The second-order valence-corrected chi connectivity index (χ2v) is 4.40. The zero-order valence-corrected chi connectivity index (χ0v) is 9.55. The first-order chi connectivity index (χ1) is 6.65. The standard InChI is InChI=1S/C11H22N2O/c1-4-12-11(14)13-7-5-10(6-8-13)9(2)3/h9-10H,4-8H2,1-3H3,(H,12,14).